The minimum absolute atomic E-state index is 0.0395. The highest BCUT2D eigenvalue weighted by Gasteiger charge is 2.25. The summed E-state index contributed by atoms with van der Waals surface area (Å²) in [6.45, 7) is 3.57. The number of phosphoric acid groups is 1. The Labute approximate surface area is 322 Å². The van der Waals surface area contributed by atoms with Crippen molar-refractivity contribution in [3.63, 3.8) is 0 Å². The maximum atomic E-state index is 12.5. The van der Waals surface area contributed by atoms with Gasteiger partial charge in [-0.25, -0.2) is 4.57 Å². The predicted molar refractivity (Wildman–Crippen MR) is 219 cm³/mol. The van der Waals surface area contributed by atoms with Gasteiger partial charge in [0, 0.05) is 19.4 Å². The first-order valence-electron chi connectivity index (χ1n) is 20.4. The molecule has 2 unspecified atom stereocenters. The van der Waals surface area contributed by atoms with Crippen LogP contribution in [-0.2, 0) is 32.7 Å². The van der Waals surface area contributed by atoms with E-state index in [4.69, 9.17) is 24.3 Å². The Morgan fingerprint density at radius 3 is 1.58 bits per heavy atom. The van der Waals surface area contributed by atoms with Gasteiger partial charge in [-0.2, -0.15) is 0 Å². The predicted octanol–water partition coefficient (Wildman–Crippen LogP) is 11.5. The zero-order chi connectivity index (χ0) is 38.9. The second-order valence-electron chi connectivity index (χ2n) is 13.1. The maximum absolute atomic E-state index is 12.5. The van der Waals surface area contributed by atoms with Crippen LogP contribution in [0.1, 0.15) is 155 Å². The van der Waals surface area contributed by atoms with Crippen LogP contribution in [0.2, 0.25) is 0 Å². The Balaban J connectivity index is 4.34. The van der Waals surface area contributed by atoms with E-state index in [9.17, 15) is 19.0 Å². The molecule has 0 aromatic carbocycles. The molecule has 0 heterocycles. The molecule has 0 aliphatic rings. The van der Waals surface area contributed by atoms with Crippen LogP contribution in [0.5, 0.6) is 0 Å². The summed E-state index contributed by atoms with van der Waals surface area (Å²) in [5.74, 6) is -0.942. The summed E-state index contributed by atoms with van der Waals surface area (Å²) in [7, 11) is -4.39. The van der Waals surface area contributed by atoms with Crippen LogP contribution in [0.4, 0.5) is 0 Å². The summed E-state index contributed by atoms with van der Waals surface area (Å²) in [6, 6.07) is 0. The van der Waals surface area contributed by atoms with E-state index in [0.717, 1.165) is 64.2 Å². The SMILES string of the molecule is CCCCCC=CCC=CCC=CCC=CCC=CCCC(=O)OCC(COP(=O)(O)OCCN)OC(=O)CCCCCCCC=CCCCCCC. The van der Waals surface area contributed by atoms with E-state index in [1.165, 1.54) is 51.4 Å². The molecule has 0 saturated heterocycles. The lowest BCUT2D eigenvalue weighted by Gasteiger charge is -2.19. The minimum atomic E-state index is -4.39. The van der Waals surface area contributed by atoms with Crippen LogP contribution < -0.4 is 5.73 Å². The number of hydrogen-bond acceptors (Lipinski definition) is 8. The van der Waals surface area contributed by atoms with E-state index in [1.54, 1.807) is 0 Å². The van der Waals surface area contributed by atoms with E-state index < -0.39 is 32.5 Å². The van der Waals surface area contributed by atoms with Gasteiger partial charge in [-0.05, 0) is 77.0 Å². The van der Waals surface area contributed by atoms with Crippen LogP contribution in [0.3, 0.4) is 0 Å². The molecule has 0 aromatic rings. The zero-order valence-corrected chi connectivity index (χ0v) is 34.1. The molecule has 0 saturated carbocycles. The molecule has 0 rings (SSSR count). The molecule has 10 heteroatoms. The lowest BCUT2D eigenvalue weighted by atomic mass is 10.1. The standard InChI is InChI=1S/C43H74NO8P/c1-3-5-7-9-11-13-15-17-18-19-20-21-22-24-25-27-29-31-33-35-42(45)49-39-41(40-51-53(47,48)50-38-37-44)52-43(46)36-34-32-30-28-26-23-16-14-12-10-8-6-4-2/h11,13-14,16-18,20-21,24-25,29,31,41H,3-10,12,15,19,22-23,26-28,30,32-40,44H2,1-2H3,(H,47,48). The number of allylic oxidation sites excluding steroid dienone is 12. The molecule has 0 fully saturated rings. The Morgan fingerprint density at radius 1 is 0.566 bits per heavy atom. The first-order chi connectivity index (χ1) is 25.8. The largest absolute Gasteiger partial charge is 0.472 e. The molecular formula is C43H74NO8P. The van der Waals surface area contributed by atoms with Gasteiger partial charge in [-0.15, -0.1) is 0 Å². The minimum Gasteiger partial charge on any atom is -0.462 e. The molecule has 304 valence electrons. The normalized spacial score (nSPS) is 14.1. The van der Waals surface area contributed by atoms with Crippen molar-refractivity contribution in [1.29, 1.82) is 0 Å². The first kappa shape index (κ1) is 50.5. The van der Waals surface area contributed by atoms with E-state index in [1.807, 2.05) is 12.2 Å². The highest BCUT2D eigenvalue weighted by Crippen LogP contribution is 2.43. The summed E-state index contributed by atoms with van der Waals surface area (Å²) in [4.78, 5) is 34.7. The van der Waals surface area contributed by atoms with Crippen LogP contribution in [-0.4, -0.2) is 49.3 Å². The van der Waals surface area contributed by atoms with Crippen molar-refractivity contribution < 1.29 is 37.6 Å². The van der Waals surface area contributed by atoms with Gasteiger partial charge in [0.1, 0.15) is 6.61 Å². The van der Waals surface area contributed by atoms with E-state index in [0.29, 0.717) is 12.8 Å². The number of ether oxygens (including phenoxy) is 2. The first-order valence-corrected chi connectivity index (χ1v) is 21.9. The van der Waals surface area contributed by atoms with Crippen molar-refractivity contribution in [2.24, 2.45) is 5.73 Å². The van der Waals surface area contributed by atoms with Gasteiger partial charge in [0.2, 0.25) is 0 Å². The van der Waals surface area contributed by atoms with E-state index in [2.05, 4.69) is 74.6 Å². The van der Waals surface area contributed by atoms with Gasteiger partial charge < -0.3 is 20.1 Å². The van der Waals surface area contributed by atoms with Crippen molar-refractivity contribution in [1.82, 2.24) is 0 Å². The average molecular weight is 764 g/mol. The Morgan fingerprint density at radius 2 is 1.02 bits per heavy atom. The fourth-order valence-corrected chi connectivity index (χ4v) is 5.79. The topological polar surface area (TPSA) is 134 Å². The Bertz CT molecular complexity index is 1100. The summed E-state index contributed by atoms with van der Waals surface area (Å²) in [5.41, 5.74) is 5.33. The van der Waals surface area contributed by atoms with Gasteiger partial charge in [-0.1, -0.05) is 138 Å². The fraction of sp³-hybridized carbons (Fsp3) is 0.674. The molecule has 0 radical (unpaired) electrons. The Hall–Kier alpha value is -2.55. The summed E-state index contributed by atoms with van der Waals surface area (Å²) < 4.78 is 32.6. The summed E-state index contributed by atoms with van der Waals surface area (Å²) in [5, 5.41) is 0. The third-order valence-corrected chi connectivity index (χ3v) is 9.06. The quantitative estimate of drug-likeness (QED) is 0.0274. The Kier molecular flexibility index (Phi) is 37.3. The second-order valence-corrected chi connectivity index (χ2v) is 14.6. The number of rotatable bonds is 37. The van der Waals surface area contributed by atoms with Crippen molar-refractivity contribution in [3.8, 4) is 0 Å². The van der Waals surface area contributed by atoms with Gasteiger partial charge >= 0.3 is 19.8 Å². The van der Waals surface area contributed by atoms with Gasteiger partial charge in [-0.3, -0.25) is 18.6 Å². The molecule has 2 atom stereocenters. The second kappa shape index (κ2) is 39.2. The number of unbranched alkanes of at least 4 members (excludes halogenated alkanes) is 12. The van der Waals surface area contributed by atoms with E-state index >= 15 is 0 Å². The molecule has 0 spiro atoms. The van der Waals surface area contributed by atoms with Crippen molar-refractivity contribution >= 4 is 19.8 Å². The molecule has 0 bridgehead atoms. The molecule has 0 amide bonds. The number of phosphoric ester groups is 1. The fourth-order valence-electron chi connectivity index (χ4n) is 5.02. The van der Waals surface area contributed by atoms with Crippen LogP contribution in [0, 0.1) is 0 Å². The van der Waals surface area contributed by atoms with Gasteiger partial charge in [0.25, 0.3) is 0 Å². The molecule has 0 aliphatic carbocycles. The number of carbonyl (C=O) groups is 2. The monoisotopic (exact) mass is 764 g/mol. The number of carbonyl (C=O) groups excluding carboxylic acids is 2. The average Bonchev–Trinajstić information content (AvgIpc) is 3.14. The molecular weight excluding hydrogens is 689 g/mol. The number of nitrogens with two attached hydrogens (primary N) is 1. The molecule has 9 nitrogen and oxygen atoms in total. The highest BCUT2D eigenvalue weighted by atomic mass is 31.2. The van der Waals surface area contributed by atoms with Crippen molar-refractivity contribution in [2.75, 3.05) is 26.4 Å². The molecule has 3 N–H and O–H groups in total. The van der Waals surface area contributed by atoms with Crippen LogP contribution in [0.25, 0.3) is 0 Å². The van der Waals surface area contributed by atoms with Crippen LogP contribution >= 0.6 is 7.82 Å². The van der Waals surface area contributed by atoms with E-state index in [-0.39, 0.29) is 32.6 Å². The summed E-state index contributed by atoms with van der Waals surface area (Å²) >= 11 is 0. The molecule has 0 aliphatic heterocycles. The highest BCUT2D eigenvalue weighted by molar-refractivity contribution is 7.47. The molecule has 0 aromatic heterocycles. The lowest BCUT2D eigenvalue weighted by Crippen LogP contribution is -2.29. The maximum Gasteiger partial charge on any atom is 0.472 e. The third kappa shape index (κ3) is 39.0. The number of hydrogen-bond donors (Lipinski definition) is 2. The van der Waals surface area contributed by atoms with Crippen molar-refractivity contribution in [3.05, 3.63) is 72.9 Å². The lowest BCUT2D eigenvalue weighted by molar-refractivity contribution is -0.161. The molecule has 53 heavy (non-hydrogen) atoms. The third-order valence-electron chi connectivity index (χ3n) is 8.08. The van der Waals surface area contributed by atoms with Gasteiger partial charge in [0.15, 0.2) is 6.10 Å². The van der Waals surface area contributed by atoms with Gasteiger partial charge in [0.05, 0.1) is 13.2 Å². The zero-order valence-electron chi connectivity index (χ0n) is 33.2. The summed E-state index contributed by atoms with van der Waals surface area (Å²) in [6.07, 6.45) is 46.6. The number of esters is 2. The smallest absolute Gasteiger partial charge is 0.462 e. The van der Waals surface area contributed by atoms with Crippen molar-refractivity contribution in [2.45, 2.75) is 161 Å². The van der Waals surface area contributed by atoms with Crippen LogP contribution in [0.15, 0.2) is 72.9 Å².